The molecule has 1 amide bonds. The molecule has 35 heavy (non-hydrogen) atoms. The first-order chi connectivity index (χ1) is 16.7. The van der Waals surface area contributed by atoms with Crippen LogP contribution in [0, 0.1) is 6.92 Å². The number of aromatic nitrogens is 1. The number of aryl methyl sites for hydroxylation is 1. The Hall–Kier alpha value is -3.44. The Labute approximate surface area is 208 Å². The second-order valence-electron chi connectivity index (χ2n) is 8.10. The highest BCUT2D eigenvalue weighted by atomic mass is 32.2. The highest BCUT2D eigenvalue weighted by Crippen LogP contribution is 2.28. The first-order valence-electron chi connectivity index (χ1n) is 11.0. The smallest absolute Gasteiger partial charge is 0.266 e. The topological polar surface area (TPSA) is 109 Å². The van der Waals surface area contributed by atoms with Crippen LogP contribution in [0.2, 0.25) is 0 Å². The van der Waals surface area contributed by atoms with Crippen LogP contribution in [0.3, 0.4) is 0 Å². The van der Waals surface area contributed by atoms with Gasteiger partial charge in [-0.15, -0.1) is 0 Å². The number of carbonyl (C=O) groups is 2. The Kier molecular flexibility index (Phi) is 7.08. The lowest BCUT2D eigenvalue weighted by Crippen LogP contribution is -2.48. The second kappa shape index (κ2) is 10.0. The van der Waals surface area contributed by atoms with Gasteiger partial charge in [-0.05, 0) is 62.4 Å². The quantitative estimate of drug-likeness (QED) is 0.481. The summed E-state index contributed by atoms with van der Waals surface area (Å²) in [6.07, 6.45) is 0. The molecule has 0 radical (unpaired) electrons. The monoisotopic (exact) mass is 514 g/mol. The van der Waals surface area contributed by atoms with E-state index in [0.29, 0.717) is 48.1 Å². The van der Waals surface area contributed by atoms with Crippen LogP contribution >= 0.6 is 11.3 Å². The average molecular weight is 515 g/mol. The summed E-state index contributed by atoms with van der Waals surface area (Å²) in [5.41, 5.74) is 2.16. The third-order valence-corrected chi connectivity index (χ3v) is 8.33. The number of sulfonamides is 1. The maximum Gasteiger partial charge on any atom is 0.266 e. The van der Waals surface area contributed by atoms with E-state index in [1.807, 2.05) is 24.3 Å². The number of anilines is 2. The lowest BCUT2D eigenvalue weighted by atomic mass is 10.1. The van der Waals surface area contributed by atoms with Gasteiger partial charge >= 0.3 is 0 Å². The van der Waals surface area contributed by atoms with Gasteiger partial charge < -0.3 is 14.5 Å². The second-order valence-corrected chi connectivity index (χ2v) is 10.8. The highest BCUT2D eigenvalue weighted by molar-refractivity contribution is 7.93. The lowest BCUT2D eigenvalue weighted by Gasteiger charge is -2.36. The highest BCUT2D eigenvalue weighted by Gasteiger charge is 2.27. The number of amides is 1. The van der Waals surface area contributed by atoms with E-state index in [4.69, 9.17) is 4.74 Å². The van der Waals surface area contributed by atoms with Gasteiger partial charge in [0.15, 0.2) is 10.9 Å². The molecule has 0 spiro atoms. The molecule has 0 unspecified atom stereocenters. The number of nitrogens with zero attached hydrogens (tertiary/aromatic N) is 3. The summed E-state index contributed by atoms with van der Waals surface area (Å²) in [5, 5.41) is 0.144. The van der Waals surface area contributed by atoms with E-state index >= 15 is 0 Å². The number of methoxy groups -OCH3 is 1. The number of Topliss-reactive ketones (excluding diaryl/α,β-unsaturated/α-hetero) is 1. The Morgan fingerprint density at radius 1 is 1.00 bits per heavy atom. The van der Waals surface area contributed by atoms with Crippen LogP contribution in [-0.4, -0.2) is 63.3 Å². The number of carbonyl (C=O) groups excluding carboxylic acids is 2. The number of ketones is 1. The van der Waals surface area contributed by atoms with E-state index in [9.17, 15) is 18.0 Å². The van der Waals surface area contributed by atoms with E-state index in [-0.39, 0.29) is 21.7 Å². The predicted octanol–water partition coefficient (Wildman–Crippen LogP) is 3.43. The normalized spacial score (nSPS) is 14.0. The van der Waals surface area contributed by atoms with Gasteiger partial charge in [0.25, 0.3) is 15.9 Å². The van der Waals surface area contributed by atoms with Gasteiger partial charge in [-0.2, -0.15) is 0 Å². The summed E-state index contributed by atoms with van der Waals surface area (Å²) >= 11 is 1.03. The first kappa shape index (κ1) is 24.7. The molecule has 3 aromatic rings. The van der Waals surface area contributed by atoms with Crippen LogP contribution in [0.1, 0.15) is 32.6 Å². The molecule has 11 heteroatoms. The minimum absolute atomic E-state index is 0.0255. The number of hydrogen-bond acceptors (Lipinski definition) is 8. The van der Waals surface area contributed by atoms with Crippen molar-refractivity contribution in [2.24, 2.45) is 0 Å². The van der Waals surface area contributed by atoms with Crippen LogP contribution in [0.25, 0.3) is 0 Å². The van der Waals surface area contributed by atoms with Crippen LogP contribution in [0.15, 0.2) is 53.4 Å². The van der Waals surface area contributed by atoms with E-state index in [0.717, 1.165) is 17.0 Å². The molecule has 0 atom stereocenters. The van der Waals surface area contributed by atoms with Crippen molar-refractivity contribution in [2.45, 2.75) is 18.7 Å². The minimum Gasteiger partial charge on any atom is -0.497 e. The molecule has 0 saturated carbocycles. The van der Waals surface area contributed by atoms with E-state index in [1.54, 1.807) is 24.0 Å². The van der Waals surface area contributed by atoms with Crippen molar-refractivity contribution in [3.05, 3.63) is 64.7 Å². The molecule has 1 aliphatic heterocycles. The zero-order valence-corrected chi connectivity index (χ0v) is 21.3. The third kappa shape index (κ3) is 5.46. The van der Waals surface area contributed by atoms with Crippen LogP contribution in [-0.2, 0) is 10.0 Å². The number of piperazine rings is 1. The number of thiazole rings is 1. The number of ether oxygens (including phenoxy) is 1. The molecule has 0 aliphatic carbocycles. The molecule has 1 N–H and O–H groups in total. The molecule has 184 valence electrons. The van der Waals surface area contributed by atoms with Gasteiger partial charge in [0, 0.05) is 37.4 Å². The minimum atomic E-state index is -3.85. The summed E-state index contributed by atoms with van der Waals surface area (Å²) < 4.78 is 33.0. The summed E-state index contributed by atoms with van der Waals surface area (Å²) in [7, 11) is -2.34. The Bertz CT molecular complexity index is 1330. The fourth-order valence-corrected chi connectivity index (χ4v) is 5.95. The predicted molar refractivity (Wildman–Crippen MR) is 135 cm³/mol. The number of rotatable bonds is 7. The molecular formula is C24H26N4O5S2. The molecule has 1 aliphatic rings. The summed E-state index contributed by atoms with van der Waals surface area (Å²) in [6.45, 7) is 5.59. The zero-order valence-electron chi connectivity index (χ0n) is 19.6. The lowest BCUT2D eigenvalue weighted by molar-refractivity contribution is 0.0750. The van der Waals surface area contributed by atoms with Gasteiger partial charge in [0.05, 0.1) is 17.7 Å². The van der Waals surface area contributed by atoms with Crippen molar-refractivity contribution in [3.8, 4) is 5.75 Å². The fourth-order valence-electron chi connectivity index (χ4n) is 3.79. The first-order valence-corrected chi connectivity index (χ1v) is 13.3. The maximum atomic E-state index is 13.2. The number of nitrogens with one attached hydrogen (secondary N) is 1. The molecule has 1 saturated heterocycles. The summed E-state index contributed by atoms with van der Waals surface area (Å²) in [4.78, 5) is 33.3. The molecule has 9 nitrogen and oxygen atoms in total. The van der Waals surface area contributed by atoms with E-state index in [1.165, 1.54) is 26.2 Å². The van der Waals surface area contributed by atoms with Gasteiger partial charge in [-0.1, -0.05) is 11.3 Å². The number of benzene rings is 2. The summed E-state index contributed by atoms with van der Waals surface area (Å²) in [6, 6.07) is 13.5. The fraction of sp³-hybridized carbons (Fsp3) is 0.292. The molecule has 1 aromatic heterocycles. The van der Waals surface area contributed by atoms with Gasteiger partial charge in [0.1, 0.15) is 10.6 Å². The van der Waals surface area contributed by atoms with Crippen molar-refractivity contribution < 1.29 is 22.7 Å². The van der Waals surface area contributed by atoms with Crippen molar-refractivity contribution in [2.75, 3.05) is 42.9 Å². The summed E-state index contributed by atoms with van der Waals surface area (Å²) in [5.74, 6) is 0.411. The van der Waals surface area contributed by atoms with Crippen molar-refractivity contribution in [1.29, 1.82) is 0 Å². The van der Waals surface area contributed by atoms with Crippen molar-refractivity contribution in [1.82, 2.24) is 9.88 Å². The Morgan fingerprint density at radius 2 is 1.63 bits per heavy atom. The Balaban J connectivity index is 1.40. The van der Waals surface area contributed by atoms with Gasteiger partial charge in [-0.25, -0.2) is 13.4 Å². The molecule has 2 heterocycles. The van der Waals surface area contributed by atoms with E-state index < -0.39 is 10.0 Å². The molecule has 1 fully saturated rings. The van der Waals surface area contributed by atoms with Crippen LogP contribution in [0.5, 0.6) is 5.75 Å². The SMILES string of the molecule is COc1ccc(S(=O)(=O)Nc2nc(C)c(C(=O)N3CCN(c4ccc(C(C)=O)cc4)CC3)s2)cc1. The third-order valence-electron chi connectivity index (χ3n) is 5.79. The van der Waals surface area contributed by atoms with Crippen molar-refractivity contribution >= 4 is 43.9 Å². The van der Waals surface area contributed by atoms with Gasteiger partial charge in [-0.3, -0.25) is 14.3 Å². The van der Waals surface area contributed by atoms with Crippen LogP contribution in [0.4, 0.5) is 10.8 Å². The standard InChI is InChI=1S/C24H26N4O5S2/c1-16-22(34-24(25-16)26-35(31,32)21-10-8-20(33-3)9-11-21)23(30)28-14-12-27(13-15-28)19-6-4-18(5-7-19)17(2)29/h4-11H,12-15H2,1-3H3,(H,25,26). The molecular weight excluding hydrogens is 488 g/mol. The Morgan fingerprint density at radius 3 is 2.20 bits per heavy atom. The van der Waals surface area contributed by atoms with Crippen molar-refractivity contribution in [3.63, 3.8) is 0 Å². The maximum absolute atomic E-state index is 13.2. The van der Waals surface area contributed by atoms with Gasteiger partial charge in [0.2, 0.25) is 0 Å². The zero-order chi connectivity index (χ0) is 25.2. The molecule has 0 bridgehead atoms. The molecule has 2 aromatic carbocycles. The van der Waals surface area contributed by atoms with E-state index in [2.05, 4.69) is 14.6 Å². The molecule has 4 rings (SSSR count). The number of hydrogen-bond donors (Lipinski definition) is 1. The average Bonchev–Trinajstić information content (AvgIpc) is 3.22. The van der Waals surface area contributed by atoms with Crippen LogP contribution < -0.4 is 14.4 Å². The largest absolute Gasteiger partial charge is 0.497 e.